The molecule has 1 aromatic carbocycles. The molecule has 29 heavy (non-hydrogen) atoms. The summed E-state index contributed by atoms with van der Waals surface area (Å²) < 4.78 is 6.11. The fourth-order valence-electron chi connectivity index (χ4n) is 5.01. The third-order valence-corrected chi connectivity index (χ3v) is 6.93. The molecule has 0 heterocycles. The minimum absolute atomic E-state index is 0.0619. The molecule has 0 saturated heterocycles. The van der Waals surface area contributed by atoms with Crippen molar-refractivity contribution < 1.29 is 9.53 Å². The van der Waals surface area contributed by atoms with E-state index in [-0.39, 0.29) is 11.9 Å². The van der Waals surface area contributed by atoms with E-state index in [4.69, 9.17) is 4.74 Å². The minimum atomic E-state index is -0.0619. The van der Waals surface area contributed by atoms with Crippen LogP contribution in [0.15, 0.2) is 30.3 Å². The molecule has 1 unspecified atom stereocenters. The van der Waals surface area contributed by atoms with Crippen LogP contribution in [0, 0.1) is 11.8 Å². The molecule has 2 saturated carbocycles. The Morgan fingerprint density at radius 1 is 1.00 bits per heavy atom. The van der Waals surface area contributed by atoms with Gasteiger partial charge in [0.05, 0.1) is 18.8 Å². The van der Waals surface area contributed by atoms with Crippen molar-refractivity contribution in [2.24, 2.45) is 11.8 Å². The van der Waals surface area contributed by atoms with E-state index in [1.54, 1.807) is 0 Å². The monoisotopic (exact) mass is 400 g/mol. The molecule has 2 aliphatic rings. The molecule has 0 bridgehead atoms. The Kier molecular flexibility index (Phi) is 9.49. The zero-order valence-corrected chi connectivity index (χ0v) is 18.2. The molecule has 0 aliphatic heterocycles. The van der Waals surface area contributed by atoms with E-state index < -0.39 is 0 Å². The molecule has 1 atom stereocenters. The summed E-state index contributed by atoms with van der Waals surface area (Å²) in [5.41, 5.74) is 1.25. The number of carbonyl (C=O) groups excluding carboxylic acids is 1. The van der Waals surface area contributed by atoms with Crippen molar-refractivity contribution in [3.8, 4) is 0 Å². The highest BCUT2D eigenvalue weighted by molar-refractivity contribution is 5.81. The van der Waals surface area contributed by atoms with Gasteiger partial charge in [-0.15, -0.1) is 0 Å². The molecule has 0 spiro atoms. The Labute approximate surface area is 177 Å². The third kappa shape index (κ3) is 7.75. The largest absolute Gasteiger partial charge is 0.374 e. The van der Waals surface area contributed by atoms with Gasteiger partial charge in [0.25, 0.3) is 0 Å². The lowest BCUT2D eigenvalue weighted by Gasteiger charge is -2.30. The van der Waals surface area contributed by atoms with Crippen LogP contribution >= 0.6 is 0 Å². The zero-order chi connectivity index (χ0) is 20.3. The number of hydrogen-bond donors (Lipinski definition) is 2. The fourth-order valence-corrected chi connectivity index (χ4v) is 5.01. The van der Waals surface area contributed by atoms with Crippen molar-refractivity contribution >= 4 is 5.91 Å². The second kappa shape index (κ2) is 12.3. The molecule has 4 nitrogen and oxygen atoms in total. The predicted molar refractivity (Wildman–Crippen MR) is 119 cm³/mol. The highest BCUT2D eigenvalue weighted by Crippen LogP contribution is 2.30. The van der Waals surface area contributed by atoms with Gasteiger partial charge in [0.2, 0.25) is 5.91 Å². The van der Waals surface area contributed by atoms with Gasteiger partial charge in [0.1, 0.15) is 0 Å². The first-order valence-corrected chi connectivity index (χ1v) is 11.8. The smallest absolute Gasteiger partial charge is 0.237 e. The van der Waals surface area contributed by atoms with Gasteiger partial charge in [-0.05, 0) is 63.0 Å². The Balaban J connectivity index is 1.31. The van der Waals surface area contributed by atoms with Crippen molar-refractivity contribution in [3.63, 3.8) is 0 Å². The van der Waals surface area contributed by atoms with Crippen molar-refractivity contribution in [2.45, 2.75) is 89.4 Å². The van der Waals surface area contributed by atoms with Crippen molar-refractivity contribution in [1.82, 2.24) is 10.6 Å². The van der Waals surface area contributed by atoms with E-state index in [2.05, 4.69) is 34.9 Å². The lowest BCUT2D eigenvalue weighted by Crippen LogP contribution is -2.44. The lowest BCUT2D eigenvalue weighted by atomic mass is 9.83. The first-order valence-electron chi connectivity index (χ1n) is 11.8. The summed E-state index contributed by atoms with van der Waals surface area (Å²) in [4.78, 5) is 12.6. The zero-order valence-electron chi connectivity index (χ0n) is 18.2. The predicted octanol–water partition coefficient (Wildman–Crippen LogP) is 4.83. The number of benzene rings is 1. The van der Waals surface area contributed by atoms with Crippen LogP contribution in [0.1, 0.15) is 76.2 Å². The molecule has 0 radical (unpaired) electrons. The maximum Gasteiger partial charge on any atom is 0.237 e. The van der Waals surface area contributed by atoms with Crippen LogP contribution in [0.25, 0.3) is 0 Å². The average molecular weight is 401 g/mol. The molecule has 2 aliphatic carbocycles. The van der Waals surface area contributed by atoms with Crippen LogP contribution in [-0.2, 0) is 16.1 Å². The molecular weight excluding hydrogens is 360 g/mol. The van der Waals surface area contributed by atoms with E-state index in [0.29, 0.717) is 18.6 Å². The van der Waals surface area contributed by atoms with Gasteiger partial charge in [-0.25, -0.2) is 0 Å². The molecule has 3 rings (SSSR count). The number of likely N-dealkylation sites (N-methyl/N-ethyl adjacent to an activating group) is 1. The maximum absolute atomic E-state index is 12.6. The van der Waals surface area contributed by atoms with Crippen LogP contribution in [0.2, 0.25) is 0 Å². The summed E-state index contributed by atoms with van der Waals surface area (Å²) in [6.07, 6.45) is 13.8. The van der Waals surface area contributed by atoms with Gasteiger partial charge in [0, 0.05) is 6.54 Å². The van der Waals surface area contributed by atoms with Gasteiger partial charge >= 0.3 is 0 Å². The summed E-state index contributed by atoms with van der Waals surface area (Å²) >= 11 is 0. The van der Waals surface area contributed by atoms with Gasteiger partial charge in [-0.1, -0.05) is 62.4 Å². The minimum Gasteiger partial charge on any atom is -0.374 e. The van der Waals surface area contributed by atoms with Crippen molar-refractivity contribution in [3.05, 3.63) is 35.9 Å². The highest BCUT2D eigenvalue weighted by Gasteiger charge is 2.26. The van der Waals surface area contributed by atoms with Crippen LogP contribution in [0.5, 0.6) is 0 Å². The number of rotatable bonds is 10. The first-order chi connectivity index (χ1) is 14.2. The van der Waals surface area contributed by atoms with Crippen LogP contribution in [0.3, 0.4) is 0 Å². The topological polar surface area (TPSA) is 50.4 Å². The number of amides is 1. The SMILES string of the molecule is CNC(CC1CCC(OCc2ccccc2)CC1)C(=O)NCCC1CCCCC1. The van der Waals surface area contributed by atoms with Crippen LogP contribution < -0.4 is 10.6 Å². The normalized spacial score (nSPS) is 24.2. The third-order valence-electron chi connectivity index (χ3n) is 6.93. The highest BCUT2D eigenvalue weighted by atomic mass is 16.5. The average Bonchev–Trinajstić information content (AvgIpc) is 2.78. The van der Waals surface area contributed by atoms with Crippen LogP contribution in [-0.4, -0.2) is 31.6 Å². The van der Waals surface area contributed by atoms with E-state index in [1.165, 1.54) is 37.7 Å². The molecule has 2 fully saturated rings. The summed E-state index contributed by atoms with van der Waals surface area (Å²) in [6, 6.07) is 10.3. The lowest BCUT2D eigenvalue weighted by molar-refractivity contribution is -0.123. The molecular formula is C25H40N2O2. The number of ether oxygens (including phenoxy) is 1. The maximum atomic E-state index is 12.6. The second-order valence-electron chi connectivity index (χ2n) is 9.10. The molecule has 0 aromatic heterocycles. The molecule has 4 heteroatoms. The van der Waals surface area contributed by atoms with E-state index >= 15 is 0 Å². The number of carbonyl (C=O) groups is 1. The molecule has 162 valence electrons. The first kappa shape index (κ1) is 22.3. The van der Waals surface area contributed by atoms with Gasteiger partial charge < -0.3 is 15.4 Å². The Bertz CT molecular complexity index is 578. The standard InChI is InChI=1S/C25H40N2O2/c1-26-24(25(28)27-17-16-20-8-4-2-5-9-20)18-21-12-14-23(15-13-21)29-19-22-10-6-3-7-11-22/h3,6-7,10-11,20-21,23-24,26H,2,4-5,8-9,12-19H2,1H3,(H,27,28). The van der Waals surface area contributed by atoms with E-state index in [1.807, 2.05) is 13.1 Å². The summed E-state index contributed by atoms with van der Waals surface area (Å²) in [5.74, 6) is 1.63. The fraction of sp³-hybridized carbons (Fsp3) is 0.720. The Morgan fingerprint density at radius 3 is 2.41 bits per heavy atom. The van der Waals surface area contributed by atoms with E-state index in [9.17, 15) is 4.79 Å². The molecule has 1 aromatic rings. The number of nitrogens with one attached hydrogen (secondary N) is 2. The quantitative estimate of drug-likeness (QED) is 0.592. The van der Waals surface area contributed by atoms with Gasteiger partial charge in [0.15, 0.2) is 0 Å². The van der Waals surface area contributed by atoms with Crippen molar-refractivity contribution in [2.75, 3.05) is 13.6 Å². The number of hydrogen-bond acceptors (Lipinski definition) is 3. The summed E-state index contributed by atoms with van der Waals surface area (Å²) in [5, 5.41) is 6.44. The Hall–Kier alpha value is -1.39. The summed E-state index contributed by atoms with van der Waals surface area (Å²) in [7, 11) is 1.92. The Morgan fingerprint density at radius 2 is 1.72 bits per heavy atom. The van der Waals surface area contributed by atoms with E-state index in [0.717, 1.165) is 51.0 Å². The van der Waals surface area contributed by atoms with Gasteiger partial charge in [-0.3, -0.25) is 4.79 Å². The second-order valence-corrected chi connectivity index (χ2v) is 9.10. The molecule has 1 amide bonds. The van der Waals surface area contributed by atoms with Gasteiger partial charge in [-0.2, -0.15) is 0 Å². The van der Waals surface area contributed by atoms with Crippen molar-refractivity contribution in [1.29, 1.82) is 0 Å². The molecule has 2 N–H and O–H groups in total. The van der Waals surface area contributed by atoms with Crippen LogP contribution in [0.4, 0.5) is 0 Å². The summed E-state index contributed by atoms with van der Waals surface area (Å²) in [6.45, 7) is 1.54.